The SMILES string of the molecule is CCc1ccc(S(=O)(=O)NC2CCc3nn(CCN(C)C)c(=O)n3CC2)s1. The van der Waals surface area contributed by atoms with E-state index in [9.17, 15) is 13.2 Å². The summed E-state index contributed by atoms with van der Waals surface area (Å²) in [6.45, 7) is 3.79. The van der Waals surface area contributed by atoms with Crippen molar-refractivity contribution in [1.82, 2.24) is 24.0 Å². The lowest BCUT2D eigenvalue weighted by Gasteiger charge is -2.15. The molecule has 2 aromatic heterocycles. The number of aromatic nitrogens is 3. The molecule has 8 nitrogen and oxygen atoms in total. The number of fused-ring (bicyclic) bond motifs is 1. The zero-order valence-electron chi connectivity index (χ0n) is 16.0. The molecule has 1 aliphatic rings. The van der Waals surface area contributed by atoms with E-state index in [1.165, 1.54) is 16.0 Å². The summed E-state index contributed by atoms with van der Waals surface area (Å²) in [5.74, 6) is 0.741. The maximum Gasteiger partial charge on any atom is 0.345 e. The number of hydrogen-bond acceptors (Lipinski definition) is 6. The van der Waals surface area contributed by atoms with Crippen molar-refractivity contribution >= 4 is 21.4 Å². The van der Waals surface area contributed by atoms with Crippen molar-refractivity contribution in [1.29, 1.82) is 0 Å². The quantitative estimate of drug-likeness (QED) is 0.729. The largest absolute Gasteiger partial charge is 0.345 e. The second-order valence-corrected chi connectivity index (χ2v) is 10.2. The third-order valence-electron chi connectivity index (χ3n) is 4.75. The fourth-order valence-corrected chi connectivity index (χ4v) is 5.77. The third-order valence-corrected chi connectivity index (χ3v) is 7.99. The smallest absolute Gasteiger partial charge is 0.308 e. The van der Waals surface area contributed by atoms with Gasteiger partial charge in [0, 0.05) is 30.4 Å². The Labute approximate surface area is 163 Å². The normalized spacial score (nSPS) is 17.9. The molecule has 2 aromatic rings. The summed E-state index contributed by atoms with van der Waals surface area (Å²) in [5, 5.41) is 4.45. The molecule has 3 rings (SSSR count). The molecule has 0 saturated carbocycles. The van der Waals surface area contributed by atoms with E-state index in [-0.39, 0.29) is 11.7 Å². The molecule has 0 radical (unpaired) electrons. The van der Waals surface area contributed by atoms with E-state index in [4.69, 9.17) is 0 Å². The van der Waals surface area contributed by atoms with Crippen LogP contribution in [0, 0.1) is 0 Å². The molecule has 0 spiro atoms. The summed E-state index contributed by atoms with van der Waals surface area (Å²) in [7, 11) is 0.394. The molecule has 0 aromatic carbocycles. The third kappa shape index (κ3) is 4.68. The lowest BCUT2D eigenvalue weighted by atomic mass is 10.1. The summed E-state index contributed by atoms with van der Waals surface area (Å²) in [5.41, 5.74) is -0.110. The van der Waals surface area contributed by atoms with Gasteiger partial charge in [0.05, 0.1) is 6.54 Å². The Balaban J connectivity index is 1.67. The summed E-state index contributed by atoms with van der Waals surface area (Å²) < 4.78 is 31.6. The Bertz CT molecular complexity index is 942. The Kier molecular flexibility index (Phi) is 6.19. The van der Waals surface area contributed by atoms with Crippen molar-refractivity contribution < 1.29 is 8.42 Å². The number of thiophene rings is 1. The predicted octanol–water partition coefficient (Wildman–Crippen LogP) is 0.914. The van der Waals surface area contributed by atoms with E-state index in [1.54, 1.807) is 10.6 Å². The first-order chi connectivity index (χ1) is 12.8. The first-order valence-electron chi connectivity index (χ1n) is 9.22. The van der Waals surface area contributed by atoms with E-state index in [2.05, 4.69) is 9.82 Å². The molecule has 0 saturated heterocycles. The number of aryl methyl sites for hydroxylation is 2. The monoisotopic (exact) mass is 413 g/mol. The van der Waals surface area contributed by atoms with Crippen LogP contribution < -0.4 is 10.4 Å². The zero-order valence-corrected chi connectivity index (χ0v) is 17.6. The zero-order chi connectivity index (χ0) is 19.6. The van der Waals surface area contributed by atoms with Gasteiger partial charge in [0.25, 0.3) is 0 Å². The van der Waals surface area contributed by atoms with Crippen LogP contribution in [0.2, 0.25) is 0 Å². The van der Waals surface area contributed by atoms with Gasteiger partial charge >= 0.3 is 5.69 Å². The van der Waals surface area contributed by atoms with Gasteiger partial charge in [-0.3, -0.25) is 4.57 Å². The Morgan fingerprint density at radius 1 is 1.33 bits per heavy atom. The lowest BCUT2D eigenvalue weighted by Crippen LogP contribution is -2.35. The van der Waals surface area contributed by atoms with Crippen molar-refractivity contribution in [2.75, 3.05) is 20.6 Å². The molecule has 0 bridgehead atoms. The molecule has 0 aliphatic carbocycles. The van der Waals surface area contributed by atoms with E-state index in [1.807, 2.05) is 32.0 Å². The first kappa shape index (κ1) is 20.2. The molecular weight excluding hydrogens is 386 g/mol. The van der Waals surface area contributed by atoms with Crippen LogP contribution in [0.4, 0.5) is 0 Å². The van der Waals surface area contributed by atoms with Crippen molar-refractivity contribution in [2.45, 2.75) is 55.9 Å². The summed E-state index contributed by atoms with van der Waals surface area (Å²) in [6.07, 6.45) is 2.62. The van der Waals surface area contributed by atoms with Crippen molar-refractivity contribution in [2.24, 2.45) is 0 Å². The van der Waals surface area contributed by atoms with E-state index in [0.29, 0.717) is 36.6 Å². The highest BCUT2D eigenvalue weighted by atomic mass is 32.2. The van der Waals surface area contributed by atoms with Gasteiger partial charge in [-0.2, -0.15) is 5.10 Å². The van der Waals surface area contributed by atoms with E-state index >= 15 is 0 Å². The van der Waals surface area contributed by atoms with Gasteiger partial charge < -0.3 is 4.90 Å². The van der Waals surface area contributed by atoms with Gasteiger partial charge in [-0.25, -0.2) is 22.6 Å². The van der Waals surface area contributed by atoms with Crippen LogP contribution in [0.1, 0.15) is 30.5 Å². The highest BCUT2D eigenvalue weighted by Crippen LogP contribution is 2.23. The molecule has 10 heteroatoms. The number of sulfonamides is 1. The summed E-state index contributed by atoms with van der Waals surface area (Å²) in [6, 6.07) is 3.33. The number of nitrogens with one attached hydrogen (secondary N) is 1. The lowest BCUT2D eigenvalue weighted by molar-refractivity contribution is 0.367. The fraction of sp³-hybridized carbons (Fsp3) is 0.647. The van der Waals surface area contributed by atoms with E-state index < -0.39 is 10.0 Å². The van der Waals surface area contributed by atoms with Gasteiger partial charge in [0.15, 0.2) is 0 Å². The summed E-state index contributed by atoms with van der Waals surface area (Å²) >= 11 is 1.31. The minimum Gasteiger partial charge on any atom is -0.308 e. The van der Waals surface area contributed by atoms with Gasteiger partial charge in [-0.05, 0) is 45.5 Å². The van der Waals surface area contributed by atoms with Crippen molar-refractivity contribution in [3.8, 4) is 0 Å². The maximum atomic E-state index is 12.6. The summed E-state index contributed by atoms with van der Waals surface area (Å²) in [4.78, 5) is 15.6. The molecule has 0 fully saturated rings. The molecule has 27 heavy (non-hydrogen) atoms. The molecule has 1 atom stereocenters. The van der Waals surface area contributed by atoms with Gasteiger partial charge in [-0.15, -0.1) is 11.3 Å². The number of nitrogens with zero attached hydrogens (tertiary/aromatic N) is 4. The highest BCUT2D eigenvalue weighted by Gasteiger charge is 2.26. The standard InChI is InChI=1S/C17H27N5O3S2/c1-4-14-6-8-16(26-14)27(24,25)19-13-5-7-15-18-22(12-11-20(2)3)17(23)21(15)10-9-13/h6,8,13,19H,4-5,7,9-12H2,1-3H3. The first-order valence-corrected chi connectivity index (χ1v) is 11.5. The van der Waals surface area contributed by atoms with Gasteiger partial charge in [0.2, 0.25) is 10.0 Å². The van der Waals surface area contributed by atoms with Gasteiger partial charge in [0.1, 0.15) is 10.0 Å². The van der Waals surface area contributed by atoms with Crippen LogP contribution in [0.15, 0.2) is 21.1 Å². The molecule has 0 amide bonds. The van der Waals surface area contributed by atoms with Crippen LogP contribution in [-0.4, -0.2) is 54.3 Å². The minimum atomic E-state index is -3.52. The number of hydrogen-bond donors (Lipinski definition) is 1. The fourth-order valence-electron chi connectivity index (χ4n) is 3.16. The van der Waals surface area contributed by atoms with Crippen LogP contribution in [-0.2, 0) is 36.0 Å². The highest BCUT2D eigenvalue weighted by molar-refractivity contribution is 7.91. The molecule has 1 aliphatic heterocycles. The van der Waals surface area contributed by atoms with Gasteiger partial charge in [-0.1, -0.05) is 6.92 Å². The number of rotatable bonds is 7. The van der Waals surface area contributed by atoms with Crippen LogP contribution >= 0.6 is 11.3 Å². The van der Waals surface area contributed by atoms with E-state index in [0.717, 1.165) is 23.7 Å². The van der Waals surface area contributed by atoms with Crippen LogP contribution in [0.25, 0.3) is 0 Å². The van der Waals surface area contributed by atoms with Crippen molar-refractivity contribution in [3.05, 3.63) is 33.3 Å². The van der Waals surface area contributed by atoms with Crippen LogP contribution in [0.3, 0.4) is 0 Å². The Morgan fingerprint density at radius 3 is 2.78 bits per heavy atom. The molecule has 1 N–H and O–H groups in total. The van der Waals surface area contributed by atoms with Crippen LogP contribution in [0.5, 0.6) is 0 Å². The topological polar surface area (TPSA) is 89.2 Å². The Morgan fingerprint density at radius 2 is 2.11 bits per heavy atom. The molecule has 3 heterocycles. The Hall–Kier alpha value is -1.49. The average Bonchev–Trinajstić information content (AvgIpc) is 3.16. The van der Waals surface area contributed by atoms with Crippen molar-refractivity contribution in [3.63, 3.8) is 0 Å². The average molecular weight is 414 g/mol. The molecule has 1 unspecified atom stereocenters. The maximum absolute atomic E-state index is 12.6. The molecular formula is C17H27N5O3S2. The second kappa shape index (κ2) is 8.26. The number of likely N-dealkylation sites (N-methyl/N-ethyl adjacent to an activating group) is 1. The predicted molar refractivity (Wildman–Crippen MR) is 106 cm³/mol. The second-order valence-electron chi connectivity index (χ2n) is 7.10. The molecule has 150 valence electrons. The minimum absolute atomic E-state index is 0.110.